The van der Waals surface area contributed by atoms with Crippen LogP contribution in [0.5, 0.6) is 5.75 Å². The number of benzene rings is 1. The Bertz CT molecular complexity index is 407. The number of phenolic OH excluding ortho intramolecular Hbond substituents is 1. The normalized spacial score (nSPS) is 18.9. The van der Waals surface area contributed by atoms with Gasteiger partial charge in [-0.05, 0) is 24.5 Å². The van der Waals surface area contributed by atoms with Gasteiger partial charge in [-0.15, -0.1) is 0 Å². The van der Waals surface area contributed by atoms with Gasteiger partial charge in [0.25, 0.3) is 0 Å². The molecule has 86 valence electrons. The number of carbonyl (C=O) groups is 1. The van der Waals surface area contributed by atoms with E-state index in [1.165, 1.54) is 7.11 Å². The number of carbonyl (C=O) groups excluding carboxylic acids is 1. The average molecular weight is 220 g/mol. The minimum absolute atomic E-state index is 0.00106. The monoisotopic (exact) mass is 220 g/mol. The number of esters is 1. The van der Waals surface area contributed by atoms with E-state index in [1.54, 1.807) is 12.1 Å². The molecule has 1 atom stereocenters. The fraction of sp³-hybridized carbons (Fsp3) is 0.462. The second-order valence-electron chi connectivity index (χ2n) is 4.43. The fourth-order valence-electron chi connectivity index (χ4n) is 2.30. The Balaban J connectivity index is 2.30. The van der Waals surface area contributed by atoms with Gasteiger partial charge < -0.3 is 9.84 Å². The quantitative estimate of drug-likeness (QED) is 0.796. The molecule has 2 rings (SSSR count). The van der Waals surface area contributed by atoms with Gasteiger partial charge in [0.15, 0.2) is 0 Å². The topological polar surface area (TPSA) is 46.5 Å². The lowest BCUT2D eigenvalue weighted by Crippen LogP contribution is -2.23. The number of ether oxygens (including phenoxy) is 1. The summed E-state index contributed by atoms with van der Waals surface area (Å²) in [5.74, 6) is 0.0922. The van der Waals surface area contributed by atoms with E-state index in [0.717, 1.165) is 18.4 Å². The van der Waals surface area contributed by atoms with Crippen LogP contribution in [-0.4, -0.2) is 18.2 Å². The highest BCUT2D eigenvalue weighted by Gasteiger charge is 2.55. The van der Waals surface area contributed by atoms with Gasteiger partial charge in [-0.1, -0.05) is 25.1 Å². The average Bonchev–Trinajstić information content (AvgIpc) is 3.09. The van der Waals surface area contributed by atoms with Crippen molar-refractivity contribution in [1.82, 2.24) is 0 Å². The van der Waals surface area contributed by atoms with E-state index in [4.69, 9.17) is 4.74 Å². The Hall–Kier alpha value is -1.51. The van der Waals surface area contributed by atoms with Crippen LogP contribution in [0.4, 0.5) is 0 Å². The van der Waals surface area contributed by atoms with Gasteiger partial charge >= 0.3 is 5.97 Å². The first-order valence-electron chi connectivity index (χ1n) is 5.48. The molecule has 0 amide bonds. The third kappa shape index (κ3) is 1.56. The molecular formula is C13H16O3. The van der Waals surface area contributed by atoms with Gasteiger partial charge in [-0.2, -0.15) is 0 Å². The summed E-state index contributed by atoms with van der Waals surface area (Å²) >= 11 is 0. The molecule has 0 spiro atoms. The molecule has 1 N–H and O–H groups in total. The Morgan fingerprint density at radius 3 is 2.56 bits per heavy atom. The van der Waals surface area contributed by atoms with Gasteiger partial charge in [-0.3, -0.25) is 4.79 Å². The second kappa shape index (κ2) is 3.81. The van der Waals surface area contributed by atoms with E-state index in [2.05, 4.69) is 0 Å². The Morgan fingerprint density at radius 2 is 2.06 bits per heavy atom. The molecule has 1 unspecified atom stereocenters. The van der Waals surface area contributed by atoms with Crippen molar-refractivity contribution in [2.45, 2.75) is 25.7 Å². The van der Waals surface area contributed by atoms with Crippen molar-refractivity contribution in [3.05, 3.63) is 29.8 Å². The predicted octanol–water partition coefficient (Wildman–Crippen LogP) is 2.45. The molecule has 3 heteroatoms. The van der Waals surface area contributed by atoms with Crippen molar-refractivity contribution in [2.24, 2.45) is 5.41 Å². The number of aromatic hydroxyl groups is 1. The minimum atomic E-state index is -0.409. The molecule has 1 aliphatic carbocycles. The second-order valence-corrected chi connectivity index (χ2v) is 4.43. The molecule has 1 aliphatic rings. The van der Waals surface area contributed by atoms with Crippen molar-refractivity contribution in [1.29, 1.82) is 0 Å². The first-order valence-corrected chi connectivity index (χ1v) is 5.48. The lowest BCUT2D eigenvalue weighted by atomic mass is 9.84. The molecule has 0 heterocycles. The number of hydrogen-bond acceptors (Lipinski definition) is 3. The highest BCUT2D eigenvalue weighted by molar-refractivity contribution is 5.81. The van der Waals surface area contributed by atoms with Crippen LogP contribution in [-0.2, 0) is 9.53 Å². The first kappa shape index (κ1) is 11.0. The molecule has 0 radical (unpaired) electrons. The zero-order valence-electron chi connectivity index (χ0n) is 9.56. The highest BCUT2D eigenvalue weighted by Crippen LogP contribution is 2.57. The van der Waals surface area contributed by atoms with E-state index in [-0.39, 0.29) is 17.6 Å². The number of para-hydroxylation sites is 1. The minimum Gasteiger partial charge on any atom is -0.508 e. The lowest BCUT2D eigenvalue weighted by Gasteiger charge is -2.21. The molecule has 1 fully saturated rings. The van der Waals surface area contributed by atoms with E-state index >= 15 is 0 Å². The van der Waals surface area contributed by atoms with Gasteiger partial charge in [0.05, 0.1) is 12.5 Å². The zero-order chi connectivity index (χ0) is 11.8. The fourth-order valence-corrected chi connectivity index (χ4v) is 2.30. The summed E-state index contributed by atoms with van der Waals surface area (Å²) in [5, 5.41) is 9.77. The first-order chi connectivity index (χ1) is 7.62. The molecule has 0 saturated heterocycles. The summed E-state index contributed by atoms with van der Waals surface area (Å²) in [6, 6.07) is 7.17. The highest BCUT2D eigenvalue weighted by atomic mass is 16.5. The number of hydrogen-bond donors (Lipinski definition) is 1. The molecule has 1 saturated carbocycles. The van der Waals surface area contributed by atoms with Gasteiger partial charge in [0.2, 0.25) is 0 Å². The van der Waals surface area contributed by atoms with E-state index in [9.17, 15) is 9.90 Å². The molecule has 0 aromatic heterocycles. The standard InChI is InChI=1S/C13H16O3/c1-9(10-5-3-4-6-11(10)14)13(7-8-13)12(15)16-2/h3-6,9,14H,7-8H2,1-2H3. The van der Waals surface area contributed by atoms with E-state index in [1.807, 2.05) is 19.1 Å². The summed E-state index contributed by atoms with van der Waals surface area (Å²) in [6.07, 6.45) is 1.68. The van der Waals surface area contributed by atoms with Crippen molar-refractivity contribution in [3.8, 4) is 5.75 Å². The Labute approximate surface area is 95.0 Å². The van der Waals surface area contributed by atoms with Crippen LogP contribution in [0, 0.1) is 5.41 Å². The van der Waals surface area contributed by atoms with Gasteiger partial charge in [-0.25, -0.2) is 0 Å². The van der Waals surface area contributed by atoms with Gasteiger partial charge in [0, 0.05) is 5.92 Å². The molecule has 1 aromatic rings. The Morgan fingerprint density at radius 1 is 1.44 bits per heavy atom. The SMILES string of the molecule is COC(=O)C1(C(C)c2ccccc2O)CC1. The summed E-state index contributed by atoms with van der Waals surface area (Å²) in [5.41, 5.74) is 0.415. The molecule has 3 nitrogen and oxygen atoms in total. The van der Waals surface area contributed by atoms with Crippen LogP contribution in [0.1, 0.15) is 31.2 Å². The smallest absolute Gasteiger partial charge is 0.312 e. The van der Waals surface area contributed by atoms with Crippen molar-refractivity contribution >= 4 is 5.97 Å². The Kier molecular flexibility index (Phi) is 2.62. The van der Waals surface area contributed by atoms with Crippen molar-refractivity contribution in [2.75, 3.05) is 7.11 Å². The summed E-state index contributed by atoms with van der Waals surface area (Å²) in [7, 11) is 1.42. The summed E-state index contributed by atoms with van der Waals surface area (Å²) in [6.45, 7) is 1.97. The maximum absolute atomic E-state index is 11.7. The zero-order valence-corrected chi connectivity index (χ0v) is 9.56. The van der Waals surface area contributed by atoms with Crippen molar-refractivity contribution in [3.63, 3.8) is 0 Å². The molecule has 0 bridgehead atoms. The molecule has 1 aromatic carbocycles. The number of phenols is 1. The van der Waals surface area contributed by atoms with Crippen LogP contribution >= 0.6 is 0 Å². The third-order valence-corrected chi connectivity index (χ3v) is 3.61. The predicted molar refractivity (Wildman–Crippen MR) is 60.2 cm³/mol. The maximum Gasteiger partial charge on any atom is 0.312 e. The van der Waals surface area contributed by atoms with Crippen LogP contribution in [0.2, 0.25) is 0 Å². The number of rotatable bonds is 3. The summed E-state index contributed by atoms with van der Waals surface area (Å²) in [4.78, 5) is 11.7. The van der Waals surface area contributed by atoms with E-state index < -0.39 is 5.41 Å². The van der Waals surface area contributed by atoms with Crippen LogP contribution < -0.4 is 0 Å². The molecule has 0 aliphatic heterocycles. The lowest BCUT2D eigenvalue weighted by molar-refractivity contribution is -0.147. The maximum atomic E-state index is 11.7. The number of methoxy groups -OCH3 is 1. The molecular weight excluding hydrogens is 204 g/mol. The van der Waals surface area contributed by atoms with Gasteiger partial charge in [0.1, 0.15) is 5.75 Å². The van der Waals surface area contributed by atoms with Crippen molar-refractivity contribution < 1.29 is 14.6 Å². The summed E-state index contributed by atoms with van der Waals surface area (Å²) < 4.78 is 4.84. The van der Waals surface area contributed by atoms with E-state index in [0.29, 0.717) is 0 Å². The van der Waals surface area contributed by atoms with Crippen LogP contribution in [0.15, 0.2) is 24.3 Å². The van der Waals surface area contributed by atoms with Crippen LogP contribution in [0.25, 0.3) is 0 Å². The molecule has 16 heavy (non-hydrogen) atoms. The third-order valence-electron chi connectivity index (χ3n) is 3.61. The largest absolute Gasteiger partial charge is 0.508 e. The van der Waals surface area contributed by atoms with Crippen LogP contribution in [0.3, 0.4) is 0 Å².